The predicted octanol–water partition coefficient (Wildman–Crippen LogP) is 11.4. The largest absolute Gasteiger partial charge is 0.456 e. The summed E-state index contributed by atoms with van der Waals surface area (Å²) in [5.41, 5.74) is 8.67. The summed E-state index contributed by atoms with van der Waals surface area (Å²) < 4.78 is 6.42. The van der Waals surface area contributed by atoms with Crippen LogP contribution >= 0.6 is 0 Å². The second-order valence-corrected chi connectivity index (χ2v) is 11.4. The maximum absolute atomic E-state index is 6.42. The third-order valence-electron chi connectivity index (χ3n) is 8.69. The first-order valence-corrected chi connectivity index (χ1v) is 15.2. The van der Waals surface area contributed by atoms with Crippen molar-refractivity contribution in [2.24, 2.45) is 0 Å². The molecule has 0 saturated heterocycles. The number of hydrogen-bond acceptors (Lipinski definition) is 3. The Balaban J connectivity index is 1.40. The van der Waals surface area contributed by atoms with E-state index in [1.54, 1.807) is 0 Å². The number of para-hydroxylation sites is 1. The van der Waals surface area contributed by atoms with E-state index in [1.165, 1.54) is 21.5 Å². The van der Waals surface area contributed by atoms with Crippen molar-refractivity contribution in [1.82, 2.24) is 9.97 Å². The van der Waals surface area contributed by atoms with Gasteiger partial charge in [-0.25, -0.2) is 9.97 Å². The first-order chi connectivity index (χ1) is 22.3. The molecular weight excluding hydrogens is 548 g/mol. The van der Waals surface area contributed by atoms with Crippen molar-refractivity contribution in [3.8, 4) is 45.0 Å². The smallest absolute Gasteiger partial charge is 0.161 e. The second kappa shape index (κ2) is 10.3. The molecule has 0 aliphatic heterocycles. The van der Waals surface area contributed by atoms with Gasteiger partial charge in [-0.05, 0) is 63.0 Å². The molecule has 0 unspecified atom stereocenters. The van der Waals surface area contributed by atoms with Crippen LogP contribution in [0.4, 0.5) is 0 Å². The van der Waals surface area contributed by atoms with Crippen molar-refractivity contribution in [3.63, 3.8) is 0 Å². The lowest BCUT2D eigenvalue weighted by molar-refractivity contribution is 0.669. The van der Waals surface area contributed by atoms with Gasteiger partial charge in [0, 0.05) is 27.5 Å². The molecule has 7 aromatic carbocycles. The van der Waals surface area contributed by atoms with Gasteiger partial charge in [0.05, 0.1) is 11.4 Å². The summed E-state index contributed by atoms with van der Waals surface area (Å²) in [5.74, 6) is 0.666. The minimum Gasteiger partial charge on any atom is -0.456 e. The number of rotatable bonds is 4. The number of furan rings is 1. The summed E-state index contributed by atoms with van der Waals surface area (Å²) >= 11 is 0. The molecule has 210 valence electrons. The standard InChI is InChI=1S/C42H26N2O/c1-2-13-29(14-3-1)36-26-37(31-22-21-27-11-4-5-15-30(27)25-31)44-42(43-36)41-34(33-19-10-16-28-12-6-7-17-32(28)33)23-24-39-40(41)35-18-8-9-20-38(35)45-39/h1-26H. The molecule has 0 aliphatic carbocycles. The van der Waals surface area contributed by atoms with E-state index in [1.807, 2.05) is 18.2 Å². The van der Waals surface area contributed by atoms with Crippen LogP contribution in [0.3, 0.4) is 0 Å². The van der Waals surface area contributed by atoms with Crippen LogP contribution in [0.1, 0.15) is 0 Å². The topological polar surface area (TPSA) is 38.9 Å². The minimum atomic E-state index is 0.666. The van der Waals surface area contributed by atoms with Gasteiger partial charge in [0.2, 0.25) is 0 Å². The summed E-state index contributed by atoms with van der Waals surface area (Å²) in [4.78, 5) is 10.7. The molecule has 0 atom stereocenters. The summed E-state index contributed by atoms with van der Waals surface area (Å²) in [7, 11) is 0. The van der Waals surface area contributed by atoms with Crippen molar-refractivity contribution in [1.29, 1.82) is 0 Å². The average molecular weight is 575 g/mol. The fourth-order valence-electron chi connectivity index (χ4n) is 6.55. The lowest BCUT2D eigenvalue weighted by Crippen LogP contribution is -1.98. The highest BCUT2D eigenvalue weighted by molar-refractivity contribution is 6.16. The van der Waals surface area contributed by atoms with Crippen LogP contribution < -0.4 is 0 Å². The normalized spacial score (nSPS) is 11.6. The van der Waals surface area contributed by atoms with Crippen molar-refractivity contribution in [3.05, 3.63) is 158 Å². The molecule has 0 N–H and O–H groups in total. The first kappa shape index (κ1) is 25.4. The predicted molar refractivity (Wildman–Crippen MR) is 186 cm³/mol. The van der Waals surface area contributed by atoms with Crippen molar-refractivity contribution >= 4 is 43.5 Å². The summed E-state index contributed by atoms with van der Waals surface area (Å²) in [6, 6.07) is 54.9. The van der Waals surface area contributed by atoms with Gasteiger partial charge in [-0.15, -0.1) is 0 Å². The van der Waals surface area contributed by atoms with Crippen molar-refractivity contribution < 1.29 is 4.42 Å². The molecule has 3 heteroatoms. The number of hydrogen-bond donors (Lipinski definition) is 0. The van der Waals surface area contributed by atoms with Crippen LogP contribution in [0.15, 0.2) is 162 Å². The monoisotopic (exact) mass is 574 g/mol. The van der Waals surface area contributed by atoms with Gasteiger partial charge in [-0.1, -0.05) is 127 Å². The van der Waals surface area contributed by atoms with Gasteiger partial charge in [0.1, 0.15) is 11.2 Å². The molecule has 0 aliphatic rings. The molecule has 0 bridgehead atoms. The minimum absolute atomic E-state index is 0.666. The van der Waals surface area contributed by atoms with Gasteiger partial charge in [-0.2, -0.15) is 0 Å². The Morgan fingerprint density at radius 1 is 0.400 bits per heavy atom. The van der Waals surface area contributed by atoms with Crippen LogP contribution in [0.5, 0.6) is 0 Å². The van der Waals surface area contributed by atoms with E-state index in [0.717, 1.165) is 61.1 Å². The van der Waals surface area contributed by atoms with Gasteiger partial charge < -0.3 is 4.42 Å². The zero-order valence-electron chi connectivity index (χ0n) is 24.3. The summed E-state index contributed by atoms with van der Waals surface area (Å²) in [6.45, 7) is 0. The lowest BCUT2D eigenvalue weighted by Gasteiger charge is -2.15. The Kier molecular flexibility index (Phi) is 5.82. The number of aromatic nitrogens is 2. The molecule has 0 amide bonds. The molecule has 0 fully saturated rings. The van der Waals surface area contributed by atoms with Crippen LogP contribution in [-0.4, -0.2) is 9.97 Å². The fraction of sp³-hybridized carbons (Fsp3) is 0. The van der Waals surface area contributed by atoms with Crippen molar-refractivity contribution in [2.75, 3.05) is 0 Å². The number of nitrogens with zero attached hydrogens (tertiary/aromatic N) is 2. The van der Waals surface area contributed by atoms with E-state index in [0.29, 0.717) is 5.82 Å². The van der Waals surface area contributed by atoms with E-state index < -0.39 is 0 Å². The van der Waals surface area contributed by atoms with E-state index >= 15 is 0 Å². The van der Waals surface area contributed by atoms with Crippen LogP contribution in [-0.2, 0) is 0 Å². The van der Waals surface area contributed by atoms with Crippen molar-refractivity contribution in [2.45, 2.75) is 0 Å². The van der Waals surface area contributed by atoms with E-state index in [9.17, 15) is 0 Å². The molecule has 9 rings (SSSR count). The maximum Gasteiger partial charge on any atom is 0.161 e. The lowest BCUT2D eigenvalue weighted by atomic mass is 9.91. The van der Waals surface area contributed by atoms with E-state index in [4.69, 9.17) is 14.4 Å². The zero-order valence-corrected chi connectivity index (χ0v) is 24.3. The Bertz CT molecular complexity index is 2540. The highest BCUT2D eigenvalue weighted by atomic mass is 16.3. The highest BCUT2D eigenvalue weighted by Gasteiger charge is 2.22. The molecular formula is C42H26N2O. The highest BCUT2D eigenvalue weighted by Crippen LogP contribution is 2.44. The van der Waals surface area contributed by atoms with Gasteiger partial charge >= 0.3 is 0 Å². The van der Waals surface area contributed by atoms with E-state index in [-0.39, 0.29) is 0 Å². The summed E-state index contributed by atoms with van der Waals surface area (Å²) in [6.07, 6.45) is 0. The quantitative estimate of drug-likeness (QED) is 0.210. The third kappa shape index (κ3) is 4.29. The maximum atomic E-state index is 6.42. The Morgan fingerprint density at radius 3 is 1.96 bits per heavy atom. The number of fused-ring (bicyclic) bond motifs is 5. The second-order valence-electron chi connectivity index (χ2n) is 11.4. The third-order valence-corrected chi connectivity index (χ3v) is 8.69. The van der Waals surface area contributed by atoms with Crippen LogP contribution in [0.25, 0.3) is 88.5 Å². The average Bonchev–Trinajstić information content (AvgIpc) is 3.50. The fourth-order valence-corrected chi connectivity index (χ4v) is 6.55. The first-order valence-electron chi connectivity index (χ1n) is 15.2. The van der Waals surface area contributed by atoms with Gasteiger partial charge in [0.15, 0.2) is 5.82 Å². The molecule has 0 spiro atoms. The van der Waals surface area contributed by atoms with Crippen LogP contribution in [0, 0.1) is 0 Å². The molecule has 2 heterocycles. The molecule has 3 nitrogen and oxygen atoms in total. The Labute approximate surface area is 260 Å². The molecule has 0 radical (unpaired) electrons. The molecule has 9 aromatic rings. The van der Waals surface area contributed by atoms with E-state index in [2.05, 4.69) is 140 Å². The Hall–Kier alpha value is -6.06. The van der Waals surface area contributed by atoms with Crippen LogP contribution in [0.2, 0.25) is 0 Å². The van der Waals surface area contributed by atoms with Gasteiger partial charge in [0.25, 0.3) is 0 Å². The number of benzene rings is 7. The Morgan fingerprint density at radius 2 is 1.09 bits per heavy atom. The molecule has 2 aromatic heterocycles. The molecule has 45 heavy (non-hydrogen) atoms. The zero-order chi connectivity index (χ0) is 29.7. The SMILES string of the molecule is c1ccc(-c2cc(-c3ccc4ccccc4c3)nc(-c3c(-c4cccc5ccccc45)ccc4oc5ccccc5c34)n2)cc1. The molecule has 0 saturated carbocycles. The summed E-state index contributed by atoms with van der Waals surface area (Å²) in [5, 5.41) is 6.81. The van der Waals surface area contributed by atoms with Gasteiger partial charge in [-0.3, -0.25) is 0 Å².